The third-order valence-corrected chi connectivity index (χ3v) is 6.22. The number of carbonyl (C=O) groups excluding carboxylic acids is 1. The summed E-state index contributed by atoms with van der Waals surface area (Å²) in [5.41, 5.74) is -0.255. The molecule has 10 heteroatoms. The van der Waals surface area contributed by atoms with Gasteiger partial charge in [-0.1, -0.05) is 35.7 Å². The topological polar surface area (TPSA) is 91.9 Å². The van der Waals surface area contributed by atoms with Crippen molar-refractivity contribution >= 4 is 34.9 Å². The maximum absolute atomic E-state index is 12.7. The number of benzene rings is 1. The summed E-state index contributed by atoms with van der Waals surface area (Å²) in [5.74, 6) is -1.01. The minimum absolute atomic E-state index is 0.145. The van der Waals surface area contributed by atoms with Crippen LogP contribution in [0.25, 0.3) is 5.78 Å². The Kier molecular flexibility index (Phi) is 6.50. The van der Waals surface area contributed by atoms with E-state index in [1.54, 1.807) is 30.6 Å². The summed E-state index contributed by atoms with van der Waals surface area (Å²) in [6.07, 6.45) is 6.95. The Balaban J connectivity index is 1.53. The molecule has 8 nitrogen and oxygen atoms in total. The van der Waals surface area contributed by atoms with Crippen LogP contribution >= 0.6 is 23.2 Å². The Bertz CT molecular complexity index is 1170. The summed E-state index contributed by atoms with van der Waals surface area (Å²) in [6, 6.07) is 5.00. The van der Waals surface area contributed by atoms with Crippen molar-refractivity contribution < 1.29 is 9.90 Å². The van der Waals surface area contributed by atoms with Gasteiger partial charge in [0.25, 0.3) is 5.91 Å². The van der Waals surface area contributed by atoms with Crippen LogP contribution in [-0.4, -0.2) is 49.5 Å². The van der Waals surface area contributed by atoms with Crippen LogP contribution < -0.4 is 10.9 Å². The standard InChI is InChI=1S/C21H23Cl2N5O3/c22-15-5-4-14(12-16(15)23)13-24-19(30)17-18(29)20(31)28-11-10-27(21(28)25-17)9-8-26-6-2-1-3-7-26/h4-5,10-12,29H,1-3,6-9,13H2,(H,24,30). The summed E-state index contributed by atoms with van der Waals surface area (Å²) < 4.78 is 3.08. The zero-order valence-corrected chi connectivity index (χ0v) is 18.4. The molecule has 0 unspecified atom stereocenters. The summed E-state index contributed by atoms with van der Waals surface area (Å²) >= 11 is 11.9. The van der Waals surface area contributed by atoms with E-state index >= 15 is 0 Å². The van der Waals surface area contributed by atoms with Crippen molar-refractivity contribution in [2.75, 3.05) is 19.6 Å². The number of piperidine rings is 1. The number of halogens is 2. The molecule has 3 heterocycles. The summed E-state index contributed by atoms with van der Waals surface area (Å²) in [6.45, 7) is 3.75. The number of fused-ring (bicyclic) bond motifs is 1. The number of hydrogen-bond donors (Lipinski definition) is 2. The fraction of sp³-hybridized carbons (Fsp3) is 0.381. The molecule has 164 valence electrons. The predicted octanol–water partition coefficient (Wildman–Crippen LogP) is 2.92. The largest absolute Gasteiger partial charge is 0.501 e. The second-order valence-electron chi connectivity index (χ2n) is 7.61. The molecule has 0 atom stereocenters. The van der Waals surface area contributed by atoms with Gasteiger partial charge in [-0.05, 0) is 43.6 Å². The highest BCUT2D eigenvalue weighted by Crippen LogP contribution is 2.22. The monoisotopic (exact) mass is 463 g/mol. The third kappa shape index (κ3) is 4.71. The lowest BCUT2D eigenvalue weighted by Gasteiger charge is -2.26. The lowest BCUT2D eigenvalue weighted by molar-refractivity contribution is 0.0942. The lowest BCUT2D eigenvalue weighted by atomic mass is 10.1. The van der Waals surface area contributed by atoms with Crippen LogP contribution in [0.1, 0.15) is 35.3 Å². The number of nitrogens with one attached hydrogen (secondary N) is 1. The fourth-order valence-electron chi connectivity index (χ4n) is 3.74. The van der Waals surface area contributed by atoms with E-state index in [0.29, 0.717) is 22.4 Å². The molecule has 0 bridgehead atoms. The lowest BCUT2D eigenvalue weighted by Crippen LogP contribution is -2.32. The number of rotatable bonds is 6. The molecular formula is C21H23Cl2N5O3. The van der Waals surface area contributed by atoms with E-state index in [-0.39, 0.29) is 12.2 Å². The van der Waals surface area contributed by atoms with Gasteiger partial charge in [0, 0.05) is 32.0 Å². The van der Waals surface area contributed by atoms with Gasteiger partial charge in [-0.25, -0.2) is 9.38 Å². The van der Waals surface area contributed by atoms with Crippen molar-refractivity contribution in [2.45, 2.75) is 32.4 Å². The van der Waals surface area contributed by atoms with Crippen molar-refractivity contribution in [1.29, 1.82) is 0 Å². The predicted molar refractivity (Wildman–Crippen MR) is 119 cm³/mol. The molecule has 4 rings (SSSR count). The maximum atomic E-state index is 12.7. The molecule has 0 saturated carbocycles. The van der Waals surface area contributed by atoms with Gasteiger partial charge >= 0.3 is 5.56 Å². The average Bonchev–Trinajstić information content (AvgIpc) is 3.19. The number of carbonyl (C=O) groups is 1. The first-order valence-corrected chi connectivity index (χ1v) is 10.9. The van der Waals surface area contributed by atoms with Gasteiger partial charge in [0.2, 0.25) is 11.5 Å². The summed E-state index contributed by atoms with van der Waals surface area (Å²) in [7, 11) is 0. The number of aromatic hydroxyl groups is 1. The molecule has 0 spiro atoms. The van der Waals surface area contributed by atoms with E-state index in [0.717, 1.165) is 25.2 Å². The molecule has 31 heavy (non-hydrogen) atoms. The number of hydrogen-bond acceptors (Lipinski definition) is 5. The van der Waals surface area contributed by atoms with Gasteiger partial charge in [-0.2, -0.15) is 0 Å². The Morgan fingerprint density at radius 2 is 1.87 bits per heavy atom. The quantitative estimate of drug-likeness (QED) is 0.586. The molecule has 1 fully saturated rings. The molecule has 1 aliphatic heterocycles. The normalized spacial score (nSPS) is 14.8. The number of amides is 1. The SMILES string of the molecule is O=C(NCc1ccc(Cl)c(Cl)c1)c1nc2n(CCN3CCCCC3)ccn2c(=O)c1O. The van der Waals surface area contributed by atoms with E-state index in [2.05, 4.69) is 15.2 Å². The van der Waals surface area contributed by atoms with Gasteiger partial charge in [-0.3, -0.25) is 9.59 Å². The van der Waals surface area contributed by atoms with Crippen molar-refractivity contribution in [3.63, 3.8) is 0 Å². The van der Waals surface area contributed by atoms with Gasteiger partial charge in [0.1, 0.15) is 0 Å². The first kappa shape index (κ1) is 21.7. The van der Waals surface area contributed by atoms with Crippen molar-refractivity contribution in [1.82, 2.24) is 24.2 Å². The Morgan fingerprint density at radius 3 is 2.61 bits per heavy atom. The van der Waals surface area contributed by atoms with Gasteiger partial charge < -0.3 is 19.9 Å². The molecule has 1 saturated heterocycles. The summed E-state index contributed by atoms with van der Waals surface area (Å²) in [4.78, 5) is 31.9. The Morgan fingerprint density at radius 1 is 1.10 bits per heavy atom. The summed E-state index contributed by atoms with van der Waals surface area (Å²) in [5, 5.41) is 13.7. The molecule has 1 amide bonds. The number of likely N-dealkylation sites (tertiary alicyclic amines) is 1. The van der Waals surface area contributed by atoms with Crippen LogP contribution in [0.5, 0.6) is 5.75 Å². The second kappa shape index (κ2) is 9.30. The van der Waals surface area contributed by atoms with E-state index in [4.69, 9.17) is 23.2 Å². The molecular weight excluding hydrogens is 441 g/mol. The molecule has 0 radical (unpaired) electrons. The van der Waals surface area contributed by atoms with E-state index in [9.17, 15) is 14.7 Å². The van der Waals surface area contributed by atoms with Gasteiger partial charge in [-0.15, -0.1) is 0 Å². The van der Waals surface area contributed by atoms with Crippen LogP contribution in [0, 0.1) is 0 Å². The maximum Gasteiger partial charge on any atom is 0.302 e. The van der Waals surface area contributed by atoms with E-state index in [1.807, 2.05) is 4.57 Å². The highest BCUT2D eigenvalue weighted by Gasteiger charge is 2.20. The van der Waals surface area contributed by atoms with Crippen LogP contribution in [0.4, 0.5) is 0 Å². The number of imidazole rings is 1. The second-order valence-corrected chi connectivity index (χ2v) is 8.42. The highest BCUT2D eigenvalue weighted by atomic mass is 35.5. The van der Waals surface area contributed by atoms with Crippen LogP contribution in [-0.2, 0) is 13.1 Å². The third-order valence-electron chi connectivity index (χ3n) is 5.48. The minimum Gasteiger partial charge on any atom is -0.501 e. The zero-order chi connectivity index (χ0) is 22.0. The number of aromatic nitrogens is 3. The van der Waals surface area contributed by atoms with E-state index in [1.165, 1.54) is 23.7 Å². The van der Waals surface area contributed by atoms with Crippen LogP contribution in [0.15, 0.2) is 35.4 Å². The van der Waals surface area contributed by atoms with Crippen molar-refractivity contribution in [3.8, 4) is 5.75 Å². The highest BCUT2D eigenvalue weighted by molar-refractivity contribution is 6.42. The molecule has 2 aromatic heterocycles. The van der Waals surface area contributed by atoms with E-state index < -0.39 is 17.2 Å². The molecule has 1 aromatic carbocycles. The molecule has 2 N–H and O–H groups in total. The molecule has 3 aromatic rings. The smallest absolute Gasteiger partial charge is 0.302 e. The zero-order valence-electron chi connectivity index (χ0n) is 16.9. The van der Waals surface area contributed by atoms with Gasteiger partial charge in [0.05, 0.1) is 10.0 Å². The Hall–Kier alpha value is -2.55. The average molecular weight is 464 g/mol. The first-order chi connectivity index (χ1) is 14.9. The molecule has 1 aliphatic rings. The fourth-order valence-corrected chi connectivity index (χ4v) is 4.07. The Labute approximate surface area is 189 Å². The first-order valence-electron chi connectivity index (χ1n) is 10.2. The van der Waals surface area contributed by atoms with Crippen molar-refractivity contribution in [2.24, 2.45) is 0 Å². The molecule has 0 aliphatic carbocycles. The van der Waals surface area contributed by atoms with Gasteiger partial charge in [0.15, 0.2) is 5.69 Å². The minimum atomic E-state index is -0.682. The van der Waals surface area contributed by atoms with Crippen LogP contribution in [0.2, 0.25) is 10.0 Å². The van der Waals surface area contributed by atoms with Crippen molar-refractivity contribution in [3.05, 3.63) is 62.2 Å². The van der Waals surface area contributed by atoms with Crippen LogP contribution in [0.3, 0.4) is 0 Å². The number of nitrogens with zero attached hydrogens (tertiary/aromatic N) is 4.